The molecule has 29 heavy (non-hydrogen) atoms. The quantitative estimate of drug-likeness (QED) is 0.272. The normalized spacial score (nSPS) is 12.2. The molecule has 0 unspecified atom stereocenters. The molecular formula is C24H18O5. The highest BCUT2D eigenvalue weighted by molar-refractivity contribution is 6.06. The topological polar surface area (TPSA) is 61.8 Å². The number of aryl methyl sites for hydroxylation is 1. The predicted octanol–water partition coefficient (Wildman–Crippen LogP) is 4.84. The number of carbonyl (C=O) groups is 2. The maximum absolute atomic E-state index is 12.3. The summed E-state index contributed by atoms with van der Waals surface area (Å²) in [5.74, 6) is 0.996. The minimum Gasteiger partial charge on any atom is -0.454 e. The van der Waals surface area contributed by atoms with E-state index < -0.39 is 5.97 Å². The molecule has 3 aromatic rings. The lowest BCUT2D eigenvalue weighted by atomic mass is 10.1. The van der Waals surface area contributed by atoms with Crippen LogP contribution in [-0.2, 0) is 0 Å². The molecule has 0 aromatic heterocycles. The van der Waals surface area contributed by atoms with Crippen LogP contribution in [0, 0.1) is 6.92 Å². The van der Waals surface area contributed by atoms with Gasteiger partial charge in [-0.05, 0) is 48.9 Å². The number of benzene rings is 3. The third kappa shape index (κ3) is 4.35. The summed E-state index contributed by atoms with van der Waals surface area (Å²) in [5.41, 5.74) is 2.95. The minimum absolute atomic E-state index is 0.0664. The molecule has 0 atom stereocenters. The van der Waals surface area contributed by atoms with Crippen LogP contribution in [0.3, 0.4) is 0 Å². The van der Waals surface area contributed by atoms with E-state index in [1.165, 1.54) is 6.08 Å². The molecule has 0 spiro atoms. The fraction of sp³-hybridized carbons (Fsp3) is 0.0833. The van der Waals surface area contributed by atoms with Gasteiger partial charge in [0.05, 0.1) is 5.56 Å². The standard InChI is InChI=1S/C24H18O5/c1-16-2-7-18(8-3-16)21(25)12-6-17-4-10-20(11-5-17)29-24(26)19-9-13-22-23(14-19)28-15-27-22/h2-14H,15H2,1H3/b12-6+. The van der Waals surface area contributed by atoms with Gasteiger partial charge < -0.3 is 14.2 Å². The molecular weight excluding hydrogens is 368 g/mol. The Kier molecular flexibility index (Phi) is 5.12. The van der Waals surface area contributed by atoms with Crippen molar-refractivity contribution in [2.24, 2.45) is 0 Å². The molecule has 0 amide bonds. The maximum Gasteiger partial charge on any atom is 0.343 e. The summed E-state index contributed by atoms with van der Waals surface area (Å²) in [6.07, 6.45) is 3.25. The molecule has 5 nitrogen and oxygen atoms in total. The molecule has 4 rings (SSSR count). The third-order valence-electron chi connectivity index (χ3n) is 4.46. The molecule has 0 radical (unpaired) electrons. The van der Waals surface area contributed by atoms with Crippen molar-refractivity contribution in [2.45, 2.75) is 6.92 Å². The van der Waals surface area contributed by atoms with Gasteiger partial charge in [-0.25, -0.2) is 4.79 Å². The fourth-order valence-corrected chi connectivity index (χ4v) is 2.82. The summed E-state index contributed by atoms with van der Waals surface area (Å²) < 4.78 is 15.9. The largest absolute Gasteiger partial charge is 0.454 e. The van der Waals surface area contributed by atoms with E-state index in [0.717, 1.165) is 11.1 Å². The first kappa shape index (κ1) is 18.5. The SMILES string of the molecule is Cc1ccc(C(=O)/C=C/c2ccc(OC(=O)c3ccc4c(c3)OCO4)cc2)cc1. The Morgan fingerprint density at radius 2 is 1.55 bits per heavy atom. The van der Waals surface area contributed by atoms with E-state index in [4.69, 9.17) is 14.2 Å². The van der Waals surface area contributed by atoms with Crippen LogP contribution in [0.4, 0.5) is 0 Å². The minimum atomic E-state index is -0.485. The molecule has 0 aliphatic carbocycles. The van der Waals surface area contributed by atoms with Gasteiger partial charge in [0.15, 0.2) is 17.3 Å². The number of esters is 1. The lowest BCUT2D eigenvalue weighted by molar-refractivity contribution is 0.0734. The number of hydrogen-bond donors (Lipinski definition) is 0. The Morgan fingerprint density at radius 3 is 2.31 bits per heavy atom. The van der Waals surface area contributed by atoms with Gasteiger partial charge in [0.1, 0.15) is 5.75 Å². The highest BCUT2D eigenvalue weighted by Crippen LogP contribution is 2.32. The van der Waals surface area contributed by atoms with Crippen LogP contribution in [0.15, 0.2) is 72.8 Å². The molecule has 144 valence electrons. The van der Waals surface area contributed by atoms with Crippen molar-refractivity contribution in [1.29, 1.82) is 0 Å². The van der Waals surface area contributed by atoms with Gasteiger partial charge in [-0.2, -0.15) is 0 Å². The number of ether oxygens (including phenoxy) is 3. The van der Waals surface area contributed by atoms with E-state index >= 15 is 0 Å². The Hall–Kier alpha value is -3.86. The van der Waals surface area contributed by atoms with E-state index in [-0.39, 0.29) is 12.6 Å². The molecule has 0 saturated heterocycles. The number of allylic oxidation sites excluding steroid dienone is 1. The first-order chi connectivity index (χ1) is 14.1. The van der Waals surface area contributed by atoms with Gasteiger partial charge in [-0.15, -0.1) is 0 Å². The lowest BCUT2D eigenvalue weighted by Crippen LogP contribution is -2.08. The Bertz CT molecular complexity index is 1080. The average Bonchev–Trinajstić information content (AvgIpc) is 3.21. The van der Waals surface area contributed by atoms with E-state index in [1.54, 1.807) is 60.7 Å². The van der Waals surface area contributed by atoms with E-state index in [0.29, 0.717) is 28.4 Å². The summed E-state index contributed by atoms with van der Waals surface area (Å²) in [4.78, 5) is 24.5. The van der Waals surface area contributed by atoms with Crippen molar-refractivity contribution in [3.8, 4) is 17.2 Å². The van der Waals surface area contributed by atoms with Crippen molar-refractivity contribution in [2.75, 3.05) is 6.79 Å². The van der Waals surface area contributed by atoms with Crippen molar-refractivity contribution >= 4 is 17.8 Å². The first-order valence-corrected chi connectivity index (χ1v) is 9.09. The number of ketones is 1. The van der Waals surface area contributed by atoms with Crippen molar-refractivity contribution in [1.82, 2.24) is 0 Å². The second-order valence-electron chi connectivity index (χ2n) is 6.59. The molecule has 3 aromatic carbocycles. The zero-order valence-corrected chi connectivity index (χ0v) is 15.8. The van der Waals surface area contributed by atoms with Crippen LogP contribution >= 0.6 is 0 Å². The average molecular weight is 386 g/mol. The Morgan fingerprint density at radius 1 is 0.862 bits per heavy atom. The molecule has 0 bridgehead atoms. The molecule has 1 aliphatic rings. The number of fused-ring (bicyclic) bond motifs is 1. The van der Waals surface area contributed by atoms with Gasteiger partial charge in [-0.3, -0.25) is 4.79 Å². The highest BCUT2D eigenvalue weighted by Gasteiger charge is 2.17. The van der Waals surface area contributed by atoms with Crippen LogP contribution in [0.5, 0.6) is 17.2 Å². The van der Waals surface area contributed by atoms with Gasteiger partial charge >= 0.3 is 5.97 Å². The van der Waals surface area contributed by atoms with E-state index in [9.17, 15) is 9.59 Å². The van der Waals surface area contributed by atoms with Gasteiger partial charge in [0, 0.05) is 5.56 Å². The maximum atomic E-state index is 12.3. The lowest BCUT2D eigenvalue weighted by Gasteiger charge is -2.05. The van der Waals surface area contributed by atoms with Gasteiger partial charge in [0.2, 0.25) is 6.79 Å². The number of rotatable bonds is 5. The van der Waals surface area contributed by atoms with Crippen LogP contribution in [0.25, 0.3) is 6.08 Å². The zero-order chi connectivity index (χ0) is 20.2. The molecule has 1 aliphatic heterocycles. The van der Waals surface area contributed by atoms with Gasteiger partial charge in [-0.1, -0.05) is 48.0 Å². The Balaban J connectivity index is 1.39. The third-order valence-corrected chi connectivity index (χ3v) is 4.46. The summed E-state index contributed by atoms with van der Waals surface area (Å²) in [6, 6.07) is 19.3. The molecule has 0 N–H and O–H groups in total. The summed E-state index contributed by atoms with van der Waals surface area (Å²) in [6.45, 7) is 2.13. The van der Waals surface area contributed by atoms with Crippen LogP contribution < -0.4 is 14.2 Å². The van der Waals surface area contributed by atoms with Gasteiger partial charge in [0.25, 0.3) is 0 Å². The molecule has 1 heterocycles. The molecule has 0 saturated carbocycles. The van der Waals surface area contributed by atoms with Crippen LogP contribution in [0.1, 0.15) is 31.8 Å². The zero-order valence-electron chi connectivity index (χ0n) is 15.8. The first-order valence-electron chi connectivity index (χ1n) is 9.09. The molecule has 0 fully saturated rings. The molecule has 5 heteroatoms. The summed E-state index contributed by atoms with van der Waals surface area (Å²) in [5, 5.41) is 0. The van der Waals surface area contributed by atoms with Crippen molar-refractivity contribution < 1.29 is 23.8 Å². The van der Waals surface area contributed by atoms with E-state index in [1.807, 2.05) is 19.1 Å². The van der Waals surface area contributed by atoms with Crippen molar-refractivity contribution in [3.05, 3.63) is 95.1 Å². The van der Waals surface area contributed by atoms with Crippen molar-refractivity contribution in [3.63, 3.8) is 0 Å². The second kappa shape index (κ2) is 8.02. The smallest absolute Gasteiger partial charge is 0.343 e. The monoisotopic (exact) mass is 386 g/mol. The second-order valence-corrected chi connectivity index (χ2v) is 6.59. The number of hydrogen-bond acceptors (Lipinski definition) is 5. The predicted molar refractivity (Wildman–Crippen MR) is 109 cm³/mol. The van der Waals surface area contributed by atoms with E-state index in [2.05, 4.69) is 0 Å². The van der Waals surface area contributed by atoms with Crippen LogP contribution in [-0.4, -0.2) is 18.5 Å². The highest BCUT2D eigenvalue weighted by atomic mass is 16.7. The number of carbonyl (C=O) groups excluding carboxylic acids is 2. The van der Waals surface area contributed by atoms with Crippen LogP contribution in [0.2, 0.25) is 0 Å². The summed E-state index contributed by atoms with van der Waals surface area (Å²) in [7, 11) is 0. The Labute approximate surface area is 168 Å². The fourth-order valence-electron chi connectivity index (χ4n) is 2.82. The summed E-state index contributed by atoms with van der Waals surface area (Å²) >= 11 is 0.